The van der Waals surface area contributed by atoms with Gasteiger partial charge in [0.05, 0.1) is 24.5 Å². The summed E-state index contributed by atoms with van der Waals surface area (Å²) in [5.41, 5.74) is 5.89. The third kappa shape index (κ3) is 9.42. The summed E-state index contributed by atoms with van der Waals surface area (Å²) in [7, 11) is 1.23. The van der Waals surface area contributed by atoms with Crippen molar-refractivity contribution in [3.05, 3.63) is 59.7 Å². The second-order valence-corrected chi connectivity index (χ2v) is 11.3. The number of esters is 4. The summed E-state index contributed by atoms with van der Waals surface area (Å²) in [4.78, 5) is 50.9. The van der Waals surface area contributed by atoms with Gasteiger partial charge in [0, 0.05) is 12.8 Å². The normalized spacial score (nSPS) is 14.9. The highest BCUT2D eigenvalue weighted by Gasteiger charge is 2.38. The monoisotopic (exact) mass is 569 g/mol. The number of nitrogens with two attached hydrogens (primary N) is 1. The third-order valence-electron chi connectivity index (χ3n) is 7.25. The molecule has 0 heterocycles. The van der Waals surface area contributed by atoms with Crippen LogP contribution in [-0.4, -0.2) is 42.6 Å². The van der Waals surface area contributed by atoms with E-state index in [1.165, 1.54) is 19.2 Å². The first-order valence-electron chi connectivity index (χ1n) is 13.9. The lowest BCUT2D eigenvalue weighted by Crippen LogP contribution is -2.53. The Bertz CT molecular complexity index is 1210. The molecule has 0 fully saturated rings. The molecule has 9 heteroatoms. The summed E-state index contributed by atoms with van der Waals surface area (Å²) in [6.07, 6.45) is -0.803. The minimum atomic E-state index is -1.58. The minimum Gasteiger partial charge on any atom is -0.468 e. The molecular weight excluding hydrogens is 526 g/mol. The molecule has 2 rings (SSSR count). The lowest BCUT2D eigenvalue weighted by Gasteiger charge is -2.29. The molecule has 0 spiro atoms. The fourth-order valence-corrected chi connectivity index (χ4v) is 3.95. The Morgan fingerprint density at radius 3 is 1.83 bits per heavy atom. The first-order chi connectivity index (χ1) is 19.2. The van der Waals surface area contributed by atoms with Gasteiger partial charge in [0.2, 0.25) is 0 Å². The first-order valence-corrected chi connectivity index (χ1v) is 13.9. The van der Waals surface area contributed by atoms with Gasteiger partial charge in [0.25, 0.3) is 0 Å². The van der Waals surface area contributed by atoms with Gasteiger partial charge < -0.3 is 24.7 Å². The Hall–Kier alpha value is -3.72. The largest absolute Gasteiger partial charge is 0.468 e. The average molecular weight is 570 g/mol. The van der Waals surface area contributed by atoms with Gasteiger partial charge in [-0.2, -0.15) is 0 Å². The molecule has 224 valence electrons. The van der Waals surface area contributed by atoms with Crippen molar-refractivity contribution in [1.29, 1.82) is 0 Å². The van der Waals surface area contributed by atoms with Crippen LogP contribution >= 0.6 is 0 Å². The summed E-state index contributed by atoms with van der Waals surface area (Å²) in [6.45, 7) is 12.8. The van der Waals surface area contributed by atoms with Crippen LogP contribution in [0.3, 0.4) is 0 Å². The fraction of sp³-hybridized carbons (Fsp3) is 0.500. The van der Waals surface area contributed by atoms with E-state index in [0.717, 1.165) is 0 Å². The zero-order chi connectivity index (χ0) is 30.9. The quantitative estimate of drug-likeness (QED) is 0.258. The first kappa shape index (κ1) is 33.5. The molecule has 0 saturated carbocycles. The molecule has 0 aliphatic rings. The highest BCUT2D eigenvalue weighted by molar-refractivity contribution is 5.89. The maximum absolute atomic E-state index is 12.9. The summed E-state index contributed by atoms with van der Waals surface area (Å²) in [5.74, 6) is -2.79. The number of ether oxygens (including phenoxy) is 4. The van der Waals surface area contributed by atoms with Gasteiger partial charge in [0.1, 0.15) is 11.6 Å². The lowest BCUT2D eigenvalue weighted by molar-refractivity contribution is -0.148. The molecule has 4 atom stereocenters. The van der Waals surface area contributed by atoms with Crippen LogP contribution in [0.15, 0.2) is 48.5 Å². The fourth-order valence-electron chi connectivity index (χ4n) is 3.95. The van der Waals surface area contributed by atoms with E-state index in [0.29, 0.717) is 11.1 Å². The average Bonchev–Trinajstić information content (AvgIpc) is 2.92. The Balaban J connectivity index is 2.36. The summed E-state index contributed by atoms with van der Waals surface area (Å²) >= 11 is 0. The molecule has 0 aromatic heterocycles. The van der Waals surface area contributed by atoms with Crippen molar-refractivity contribution in [2.45, 2.75) is 73.0 Å². The van der Waals surface area contributed by atoms with E-state index in [1.54, 1.807) is 57.2 Å². The molecule has 0 radical (unpaired) electrons. The maximum atomic E-state index is 12.9. The van der Waals surface area contributed by atoms with Gasteiger partial charge in [-0.1, -0.05) is 65.8 Å². The van der Waals surface area contributed by atoms with Crippen molar-refractivity contribution in [2.24, 2.45) is 29.4 Å². The zero-order valence-electron chi connectivity index (χ0n) is 25.3. The Morgan fingerprint density at radius 1 is 0.780 bits per heavy atom. The van der Waals surface area contributed by atoms with Crippen LogP contribution in [-0.2, 0) is 30.3 Å². The second-order valence-electron chi connectivity index (χ2n) is 11.3. The van der Waals surface area contributed by atoms with E-state index in [-0.39, 0.29) is 42.1 Å². The number of carbonyl (C=O) groups is 4. The van der Waals surface area contributed by atoms with Crippen molar-refractivity contribution >= 4 is 23.9 Å². The molecule has 9 nitrogen and oxygen atoms in total. The molecule has 2 aromatic carbocycles. The Labute approximate surface area is 242 Å². The molecule has 41 heavy (non-hydrogen) atoms. The van der Waals surface area contributed by atoms with Crippen molar-refractivity contribution in [3.63, 3.8) is 0 Å². The number of rotatable bonds is 13. The summed E-state index contributed by atoms with van der Waals surface area (Å²) in [6, 6.07) is 13.2. The molecule has 0 aliphatic carbocycles. The smallest absolute Gasteiger partial charge is 0.338 e. The van der Waals surface area contributed by atoms with Gasteiger partial charge >= 0.3 is 23.9 Å². The molecule has 3 unspecified atom stereocenters. The molecule has 0 amide bonds. The van der Waals surface area contributed by atoms with Gasteiger partial charge in [0.15, 0.2) is 11.5 Å². The van der Waals surface area contributed by atoms with E-state index in [9.17, 15) is 19.2 Å². The van der Waals surface area contributed by atoms with Crippen LogP contribution < -0.4 is 15.2 Å². The van der Waals surface area contributed by atoms with Crippen LogP contribution in [0.4, 0.5) is 0 Å². The van der Waals surface area contributed by atoms with Crippen molar-refractivity contribution in [1.82, 2.24) is 0 Å². The zero-order valence-corrected chi connectivity index (χ0v) is 25.3. The van der Waals surface area contributed by atoms with Crippen molar-refractivity contribution < 1.29 is 38.1 Å². The van der Waals surface area contributed by atoms with Crippen LogP contribution in [0.5, 0.6) is 11.5 Å². The van der Waals surface area contributed by atoms with Crippen LogP contribution in [0, 0.1) is 23.7 Å². The van der Waals surface area contributed by atoms with Gasteiger partial charge in [-0.25, -0.2) is 4.79 Å². The number of methoxy groups -OCH3 is 1. The van der Waals surface area contributed by atoms with E-state index < -0.39 is 41.4 Å². The van der Waals surface area contributed by atoms with Crippen LogP contribution in [0.1, 0.15) is 70.8 Å². The molecular formula is C32H43NO8. The topological polar surface area (TPSA) is 131 Å². The van der Waals surface area contributed by atoms with Gasteiger partial charge in [-0.3, -0.25) is 14.4 Å². The Kier molecular flexibility index (Phi) is 12.1. The third-order valence-corrected chi connectivity index (χ3v) is 7.25. The standard InChI is InChI=1S/C32H43NO8/c1-19(2)22(6)28(34)40-26-15-14-24(16-27(26)41-29(35)23(7)20(3)4)18-32(33,31(37)38-8)17-21(5)39-30(36)25-12-10-9-11-13-25/h9-16,19-23H,17-18,33H2,1-8H3/t21?,22?,23?,32-/m1/s1. The molecule has 2 aromatic rings. The van der Waals surface area contributed by atoms with E-state index in [4.69, 9.17) is 24.7 Å². The number of hydrogen-bond donors (Lipinski definition) is 1. The van der Waals surface area contributed by atoms with Crippen molar-refractivity contribution in [3.8, 4) is 11.5 Å². The number of benzene rings is 2. The SMILES string of the molecule is COC(=O)[C@](N)(Cc1ccc(OC(=O)C(C)C(C)C)c(OC(=O)C(C)C(C)C)c1)CC(C)OC(=O)c1ccccc1. The lowest BCUT2D eigenvalue weighted by atomic mass is 9.86. The second kappa shape index (κ2) is 14.8. The number of hydrogen-bond acceptors (Lipinski definition) is 9. The van der Waals surface area contributed by atoms with Crippen LogP contribution in [0.2, 0.25) is 0 Å². The predicted octanol–water partition coefficient (Wildman–Crippen LogP) is 5.13. The predicted molar refractivity (Wildman–Crippen MR) is 154 cm³/mol. The van der Waals surface area contributed by atoms with Crippen molar-refractivity contribution in [2.75, 3.05) is 7.11 Å². The highest BCUT2D eigenvalue weighted by atomic mass is 16.6. The van der Waals surface area contributed by atoms with E-state index >= 15 is 0 Å². The number of carbonyl (C=O) groups excluding carboxylic acids is 4. The van der Waals surface area contributed by atoms with E-state index in [2.05, 4.69) is 0 Å². The highest BCUT2D eigenvalue weighted by Crippen LogP contribution is 2.33. The summed E-state index contributed by atoms with van der Waals surface area (Å²) < 4.78 is 21.8. The molecule has 0 aliphatic heterocycles. The van der Waals surface area contributed by atoms with Crippen LogP contribution in [0.25, 0.3) is 0 Å². The van der Waals surface area contributed by atoms with Gasteiger partial charge in [-0.15, -0.1) is 0 Å². The molecule has 0 bridgehead atoms. The Morgan fingerprint density at radius 2 is 1.32 bits per heavy atom. The molecule has 2 N–H and O–H groups in total. The summed E-state index contributed by atoms with van der Waals surface area (Å²) in [5, 5.41) is 0. The van der Waals surface area contributed by atoms with E-state index in [1.807, 2.05) is 27.7 Å². The molecule has 0 saturated heterocycles. The maximum Gasteiger partial charge on any atom is 0.338 e. The van der Waals surface area contributed by atoms with Gasteiger partial charge in [-0.05, 0) is 48.6 Å². The minimum absolute atomic E-state index is 0.0220.